The fraction of sp³-hybridized carbons (Fsp3) is 0.444. The van der Waals surface area contributed by atoms with Crippen molar-refractivity contribution in [2.24, 2.45) is 5.92 Å². The molecular formula is C18H23N3O2S. The summed E-state index contributed by atoms with van der Waals surface area (Å²) in [5.74, 6) is 0.429. The lowest BCUT2D eigenvalue weighted by molar-refractivity contribution is 0.104. The molecule has 1 saturated heterocycles. The van der Waals surface area contributed by atoms with Crippen molar-refractivity contribution in [3.63, 3.8) is 0 Å². The zero-order chi connectivity index (χ0) is 16.9. The Morgan fingerprint density at radius 3 is 3.12 bits per heavy atom. The van der Waals surface area contributed by atoms with Crippen molar-refractivity contribution < 1.29 is 9.53 Å². The monoisotopic (exact) mass is 345 g/mol. The topological polar surface area (TPSA) is 54.5 Å². The number of anilines is 1. The van der Waals surface area contributed by atoms with Crippen LogP contribution in [0.25, 0.3) is 11.3 Å². The molecule has 6 heteroatoms. The van der Waals surface area contributed by atoms with Gasteiger partial charge in [0.1, 0.15) is 0 Å². The lowest BCUT2D eigenvalue weighted by atomic mass is 9.99. The van der Waals surface area contributed by atoms with Crippen molar-refractivity contribution in [1.29, 1.82) is 0 Å². The lowest BCUT2D eigenvalue weighted by Crippen LogP contribution is -2.43. The number of methoxy groups -OCH3 is 1. The largest absolute Gasteiger partial charge is 0.384 e. The molecule has 0 spiro atoms. The minimum Gasteiger partial charge on any atom is -0.384 e. The number of carbonyl (C=O) groups excluding carboxylic acids is 1. The summed E-state index contributed by atoms with van der Waals surface area (Å²) in [6.07, 6.45) is 2.15. The molecule has 24 heavy (non-hydrogen) atoms. The molecule has 0 bridgehead atoms. The zero-order valence-electron chi connectivity index (χ0n) is 14.1. The lowest BCUT2D eigenvalue weighted by Gasteiger charge is -2.32. The van der Waals surface area contributed by atoms with Gasteiger partial charge in [-0.05, 0) is 31.9 Å². The standard InChI is InChI=1S/C18H23N3O2S/c1-13-19-17(12-24-13)15-6-3-7-16(9-15)20-18(22)21-8-4-5-14(10-21)11-23-2/h3,6-7,9,12,14H,4-5,8,10-11H2,1-2H3,(H,20,22)/t14-/m0/s1. The molecule has 0 radical (unpaired) electrons. The normalized spacial score (nSPS) is 17.8. The van der Waals surface area contributed by atoms with E-state index in [1.165, 1.54) is 0 Å². The number of ether oxygens (including phenoxy) is 1. The van der Waals surface area contributed by atoms with E-state index in [0.717, 1.165) is 47.9 Å². The summed E-state index contributed by atoms with van der Waals surface area (Å²) in [6.45, 7) is 4.26. The van der Waals surface area contributed by atoms with Crippen molar-refractivity contribution in [1.82, 2.24) is 9.88 Å². The van der Waals surface area contributed by atoms with E-state index >= 15 is 0 Å². The summed E-state index contributed by atoms with van der Waals surface area (Å²) in [4.78, 5) is 18.9. The minimum atomic E-state index is -0.0394. The average molecular weight is 345 g/mol. The van der Waals surface area contributed by atoms with Crippen LogP contribution in [0.1, 0.15) is 17.8 Å². The van der Waals surface area contributed by atoms with Crippen LogP contribution in [0.3, 0.4) is 0 Å². The van der Waals surface area contributed by atoms with Gasteiger partial charge in [0.15, 0.2) is 0 Å². The quantitative estimate of drug-likeness (QED) is 0.911. The summed E-state index contributed by atoms with van der Waals surface area (Å²) < 4.78 is 5.23. The SMILES string of the molecule is COC[C@H]1CCCN(C(=O)Nc2cccc(-c3csc(C)n3)c2)C1. The van der Waals surface area contributed by atoms with Crippen molar-refractivity contribution >= 4 is 23.1 Å². The molecule has 0 saturated carbocycles. The van der Waals surface area contributed by atoms with E-state index in [1.54, 1.807) is 18.4 Å². The second-order valence-corrected chi connectivity index (χ2v) is 7.23. The van der Waals surface area contributed by atoms with Gasteiger partial charge in [-0.15, -0.1) is 11.3 Å². The first kappa shape index (κ1) is 16.9. The number of aromatic nitrogens is 1. The Hall–Kier alpha value is -1.92. The average Bonchev–Trinajstić information content (AvgIpc) is 3.02. The van der Waals surface area contributed by atoms with Gasteiger partial charge in [-0.3, -0.25) is 0 Å². The van der Waals surface area contributed by atoms with Crippen molar-refractivity contribution in [2.45, 2.75) is 19.8 Å². The van der Waals surface area contributed by atoms with Gasteiger partial charge in [0.25, 0.3) is 0 Å². The molecule has 2 amide bonds. The molecule has 2 heterocycles. The predicted molar refractivity (Wildman–Crippen MR) is 97.5 cm³/mol. The number of piperidine rings is 1. The number of nitrogens with zero attached hydrogens (tertiary/aromatic N) is 2. The van der Waals surface area contributed by atoms with Crippen LogP contribution in [0.5, 0.6) is 0 Å². The number of likely N-dealkylation sites (tertiary alicyclic amines) is 1. The molecule has 1 aromatic heterocycles. The number of thiazole rings is 1. The molecule has 1 aliphatic rings. The summed E-state index contributed by atoms with van der Waals surface area (Å²) in [5, 5.41) is 6.09. The highest BCUT2D eigenvalue weighted by molar-refractivity contribution is 7.09. The first-order chi connectivity index (χ1) is 11.7. The number of hydrogen-bond donors (Lipinski definition) is 1. The number of rotatable bonds is 4. The Labute approximate surface area is 146 Å². The Morgan fingerprint density at radius 2 is 2.38 bits per heavy atom. The van der Waals surface area contributed by atoms with E-state index in [9.17, 15) is 4.79 Å². The first-order valence-corrected chi connectivity index (χ1v) is 9.11. The summed E-state index contributed by atoms with van der Waals surface area (Å²) >= 11 is 1.63. The van der Waals surface area contributed by atoms with Crippen molar-refractivity contribution in [2.75, 3.05) is 32.1 Å². The highest BCUT2D eigenvalue weighted by Gasteiger charge is 2.23. The summed E-state index contributed by atoms with van der Waals surface area (Å²) in [7, 11) is 1.71. The van der Waals surface area contributed by atoms with Gasteiger partial charge >= 0.3 is 6.03 Å². The number of hydrogen-bond acceptors (Lipinski definition) is 4. The third kappa shape index (κ3) is 4.13. The molecule has 128 valence electrons. The molecule has 1 fully saturated rings. The molecule has 1 N–H and O–H groups in total. The van der Waals surface area contributed by atoms with E-state index in [1.807, 2.05) is 41.5 Å². The van der Waals surface area contributed by atoms with E-state index in [2.05, 4.69) is 10.3 Å². The van der Waals surface area contributed by atoms with Crippen molar-refractivity contribution in [3.8, 4) is 11.3 Å². The number of aryl methyl sites for hydroxylation is 1. The van der Waals surface area contributed by atoms with Crippen LogP contribution in [-0.2, 0) is 4.74 Å². The van der Waals surface area contributed by atoms with Crippen LogP contribution in [0.15, 0.2) is 29.6 Å². The second kappa shape index (κ2) is 7.77. The molecular weight excluding hydrogens is 322 g/mol. The number of urea groups is 1. The predicted octanol–water partition coefficient (Wildman–Crippen LogP) is 4.01. The maximum atomic E-state index is 12.5. The van der Waals surface area contributed by atoms with E-state index < -0.39 is 0 Å². The maximum Gasteiger partial charge on any atom is 0.321 e. The molecule has 5 nitrogen and oxygen atoms in total. The first-order valence-electron chi connectivity index (χ1n) is 8.23. The Kier molecular flexibility index (Phi) is 5.48. The molecule has 2 aromatic rings. The molecule has 1 aromatic carbocycles. The molecule has 1 atom stereocenters. The van der Waals surface area contributed by atoms with Gasteiger partial charge in [0.2, 0.25) is 0 Å². The fourth-order valence-electron chi connectivity index (χ4n) is 3.08. The van der Waals surface area contributed by atoms with Crippen LogP contribution in [0.4, 0.5) is 10.5 Å². The number of benzene rings is 1. The zero-order valence-corrected chi connectivity index (χ0v) is 14.9. The number of carbonyl (C=O) groups is 1. The highest BCUT2D eigenvalue weighted by atomic mass is 32.1. The van der Waals surface area contributed by atoms with Crippen LogP contribution in [0.2, 0.25) is 0 Å². The van der Waals surface area contributed by atoms with Gasteiger partial charge < -0.3 is 15.0 Å². The minimum absolute atomic E-state index is 0.0394. The molecule has 0 unspecified atom stereocenters. The number of nitrogens with one attached hydrogen (secondary N) is 1. The van der Waals surface area contributed by atoms with Crippen LogP contribution >= 0.6 is 11.3 Å². The van der Waals surface area contributed by atoms with Crippen LogP contribution in [-0.4, -0.2) is 42.7 Å². The van der Waals surface area contributed by atoms with Crippen molar-refractivity contribution in [3.05, 3.63) is 34.7 Å². The molecule has 3 rings (SSSR count). The smallest absolute Gasteiger partial charge is 0.321 e. The Morgan fingerprint density at radius 1 is 1.50 bits per heavy atom. The van der Waals surface area contributed by atoms with E-state index in [0.29, 0.717) is 12.5 Å². The molecule has 0 aliphatic carbocycles. The van der Waals surface area contributed by atoms with E-state index in [4.69, 9.17) is 4.74 Å². The Balaban J connectivity index is 1.66. The van der Waals surface area contributed by atoms with Gasteiger partial charge in [-0.1, -0.05) is 12.1 Å². The Bertz CT molecular complexity index is 699. The van der Waals surface area contributed by atoms with Gasteiger partial charge in [0.05, 0.1) is 17.3 Å². The summed E-state index contributed by atoms with van der Waals surface area (Å²) in [5.41, 5.74) is 2.77. The van der Waals surface area contributed by atoms with Crippen LogP contribution in [0, 0.1) is 12.8 Å². The number of amides is 2. The summed E-state index contributed by atoms with van der Waals surface area (Å²) in [6, 6.07) is 7.81. The molecule has 1 aliphatic heterocycles. The van der Waals surface area contributed by atoms with Gasteiger partial charge in [-0.25, -0.2) is 9.78 Å². The van der Waals surface area contributed by atoms with Gasteiger partial charge in [-0.2, -0.15) is 0 Å². The fourth-order valence-corrected chi connectivity index (χ4v) is 3.70. The van der Waals surface area contributed by atoms with Crippen LogP contribution < -0.4 is 5.32 Å². The highest BCUT2D eigenvalue weighted by Crippen LogP contribution is 2.25. The third-order valence-corrected chi connectivity index (χ3v) is 5.01. The van der Waals surface area contributed by atoms with E-state index in [-0.39, 0.29) is 6.03 Å². The van der Waals surface area contributed by atoms with Gasteiger partial charge in [0, 0.05) is 42.7 Å². The maximum absolute atomic E-state index is 12.5. The third-order valence-electron chi connectivity index (χ3n) is 4.24. The second-order valence-electron chi connectivity index (χ2n) is 6.17.